The van der Waals surface area contributed by atoms with Crippen molar-refractivity contribution in [2.45, 2.75) is 25.8 Å². The molecule has 0 bridgehead atoms. The summed E-state index contributed by atoms with van der Waals surface area (Å²) in [7, 11) is 0. The lowest BCUT2D eigenvalue weighted by molar-refractivity contribution is 0.559. The molecule has 3 rings (SSSR count). The smallest absolute Gasteiger partial charge is 0.0456 e. The van der Waals surface area contributed by atoms with Gasteiger partial charge in [-0.1, -0.05) is 48.5 Å². The van der Waals surface area contributed by atoms with Gasteiger partial charge in [-0.25, -0.2) is 0 Å². The standard InChI is InChI=1S/C19H22N2/c1-15(16-8-3-2-4-9-16)20-13-7-10-17-14-21-19-12-6-5-11-18(17)19/h2-6,8-9,11-12,14-15,20-21H,7,10,13H2,1H3/t15-/m0/s1. The zero-order valence-corrected chi connectivity index (χ0v) is 12.5. The van der Waals surface area contributed by atoms with Gasteiger partial charge in [0.15, 0.2) is 0 Å². The monoisotopic (exact) mass is 278 g/mol. The lowest BCUT2D eigenvalue weighted by atomic mass is 10.1. The molecule has 0 aliphatic carbocycles. The number of benzene rings is 2. The molecule has 0 saturated carbocycles. The minimum Gasteiger partial charge on any atom is -0.361 e. The van der Waals surface area contributed by atoms with E-state index >= 15 is 0 Å². The van der Waals surface area contributed by atoms with E-state index in [1.54, 1.807) is 0 Å². The van der Waals surface area contributed by atoms with Crippen molar-refractivity contribution in [1.29, 1.82) is 0 Å². The van der Waals surface area contributed by atoms with Crippen molar-refractivity contribution in [2.24, 2.45) is 0 Å². The molecule has 0 spiro atoms. The van der Waals surface area contributed by atoms with Crippen molar-refractivity contribution in [2.75, 3.05) is 6.54 Å². The molecule has 108 valence electrons. The minimum atomic E-state index is 0.411. The molecule has 1 aromatic heterocycles. The van der Waals surface area contributed by atoms with Crippen LogP contribution in [0.4, 0.5) is 0 Å². The van der Waals surface area contributed by atoms with Gasteiger partial charge in [0.05, 0.1) is 0 Å². The molecule has 2 nitrogen and oxygen atoms in total. The third kappa shape index (κ3) is 3.34. The summed E-state index contributed by atoms with van der Waals surface area (Å²) in [5, 5.41) is 4.95. The van der Waals surface area contributed by atoms with Crippen molar-refractivity contribution >= 4 is 10.9 Å². The quantitative estimate of drug-likeness (QED) is 0.640. The van der Waals surface area contributed by atoms with Gasteiger partial charge in [-0.3, -0.25) is 0 Å². The predicted molar refractivity (Wildman–Crippen MR) is 89.5 cm³/mol. The summed E-state index contributed by atoms with van der Waals surface area (Å²) < 4.78 is 0. The van der Waals surface area contributed by atoms with Crippen molar-refractivity contribution in [3.05, 3.63) is 71.9 Å². The summed E-state index contributed by atoms with van der Waals surface area (Å²) in [6.07, 6.45) is 4.41. The third-order valence-corrected chi connectivity index (χ3v) is 4.05. The van der Waals surface area contributed by atoms with E-state index in [9.17, 15) is 0 Å². The first-order valence-corrected chi connectivity index (χ1v) is 7.68. The van der Waals surface area contributed by atoms with Gasteiger partial charge < -0.3 is 10.3 Å². The molecule has 0 fully saturated rings. The number of hydrogen-bond donors (Lipinski definition) is 2. The summed E-state index contributed by atoms with van der Waals surface area (Å²) in [5.74, 6) is 0. The van der Waals surface area contributed by atoms with Crippen LogP contribution in [0.1, 0.15) is 30.5 Å². The largest absolute Gasteiger partial charge is 0.361 e. The van der Waals surface area contributed by atoms with Gasteiger partial charge in [0.1, 0.15) is 0 Å². The molecule has 21 heavy (non-hydrogen) atoms. The van der Waals surface area contributed by atoms with Crippen LogP contribution in [0.5, 0.6) is 0 Å². The van der Waals surface area contributed by atoms with Gasteiger partial charge in [0.25, 0.3) is 0 Å². The number of aryl methyl sites for hydroxylation is 1. The summed E-state index contributed by atoms with van der Waals surface area (Å²) in [4.78, 5) is 3.34. The Morgan fingerprint density at radius 1 is 1.00 bits per heavy atom. The van der Waals surface area contributed by atoms with E-state index in [4.69, 9.17) is 0 Å². The maximum Gasteiger partial charge on any atom is 0.0456 e. The molecular weight excluding hydrogens is 256 g/mol. The van der Waals surface area contributed by atoms with Crippen LogP contribution in [-0.4, -0.2) is 11.5 Å². The second-order valence-corrected chi connectivity index (χ2v) is 5.55. The van der Waals surface area contributed by atoms with Crippen LogP contribution in [0.15, 0.2) is 60.8 Å². The number of nitrogens with one attached hydrogen (secondary N) is 2. The van der Waals surface area contributed by atoms with Gasteiger partial charge >= 0.3 is 0 Å². The normalized spacial score (nSPS) is 12.6. The van der Waals surface area contributed by atoms with E-state index in [2.05, 4.69) is 78.0 Å². The van der Waals surface area contributed by atoms with Crippen LogP contribution in [0.3, 0.4) is 0 Å². The summed E-state index contributed by atoms with van der Waals surface area (Å²) >= 11 is 0. The summed E-state index contributed by atoms with van der Waals surface area (Å²) in [6, 6.07) is 19.5. The molecule has 2 N–H and O–H groups in total. The van der Waals surface area contributed by atoms with Crippen molar-refractivity contribution in [1.82, 2.24) is 10.3 Å². The van der Waals surface area contributed by atoms with Gasteiger partial charge in [-0.15, -0.1) is 0 Å². The molecule has 2 heteroatoms. The lowest BCUT2D eigenvalue weighted by Crippen LogP contribution is -2.20. The maximum atomic E-state index is 3.60. The summed E-state index contributed by atoms with van der Waals surface area (Å²) in [5.41, 5.74) is 4.00. The molecule has 3 aromatic rings. The van der Waals surface area contributed by atoms with Gasteiger partial charge in [-0.05, 0) is 43.5 Å². The molecule has 0 saturated heterocycles. The Morgan fingerprint density at radius 3 is 2.62 bits per heavy atom. The highest BCUT2D eigenvalue weighted by atomic mass is 14.9. The highest BCUT2D eigenvalue weighted by Gasteiger charge is 2.05. The molecular formula is C19H22N2. The van der Waals surface area contributed by atoms with Crippen LogP contribution < -0.4 is 5.32 Å². The van der Waals surface area contributed by atoms with Gasteiger partial charge in [-0.2, -0.15) is 0 Å². The van der Waals surface area contributed by atoms with Gasteiger partial charge in [0.2, 0.25) is 0 Å². The number of aromatic amines is 1. The van der Waals surface area contributed by atoms with Crippen LogP contribution in [0.2, 0.25) is 0 Å². The number of H-pyrrole nitrogens is 1. The van der Waals surface area contributed by atoms with Crippen molar-refractivity contribution < 1.29 is 0 Å². The molecule has 2 aromatic carbocycles. The van der Waals surface area contributed by atoms with Gasteiger partial charge in [0, 0.05) is 23.1 Å². The molecule has 0 amide bonds. The second-order valence-electron chi connectivity index (χ2n) is 5.55. The number of rotatable bonds is 6. The van der Waals surface area contributed by atoms with Crippen LogP contribution in [0, 0.1) is 0 Å². The van der Waals surface area contributed by atoms with Crippen molar-refractivity contribution in [3.8, 4) is 0 Å². The molecule has 0 aliphatic heterocycles. The highest BCUT2D eigenvalue weighted by Crippen LogP contribution is 2.19. The highest BCUT2D eigenvalue weighted by molar-refractivity contribution is 5.82. The number of aromatic nitrogens is 1. The minimum absolute atomic E-state index is 0.411. The second kappa shape index (κ2) is 6.59. The van der Waals surface area contributed by atoms with Crippen LogP contribution in [-0.2, 0) is 6.42 Å². The van der Waals surface area contributed by atoms with Crippen LogP contribution in [0.25, 0.3) is 10.9 Å². The average molecular weight is 278 g/mol. The molecule has 0 radical (unpaired) electrons. The van der Waals surface area contributed by atoms with E-state index in [1.807, 2.05) is 0 Å². The Balaban J connectivity index is 1.50. The fourth-order valence-electron chi connectivity index (χ4n) is 2.80. The number of fused-ring (bicyclic) bond motifs is 1. The Morgan fingerprint density at radius 2 is 1.76 bits per heavy atom. The van der Waals surface area contributed by atoms with E-state index in [0.717, 1.165) is 19.4 Å². The molecule has 1 heterocycles. The van der Waals surface area contributed by atoms with E-state index in [-0.39, 0.29) is 0 Å². The third-order valence-electron chi connectivity index (χ3n) is 4.05. The predicted octanol–water partition coefficient (Wildman–Crippen LogP) is 4.45. The number of para-hydroxylation sites is 1. The van der Waals surface area contributed by atoms with E-state index in [0.29, 0.717) is 6.04 Å². The molecule has 0 unspecified atom stereocenters. The Hall–Kier alpha value is -2.06. The SMILES string of the molecule is C[C@H](NCCCc1c[nH]c2ccccc12)c1ccccc1. The zero-order valence-electron chi connectivity index (χ0n) is 12.5. The Bertz CT molecular complexity index is 685. The maximum absolute atomic E-state index is 3.60. The first-order chi connectivity index (χ1) is 10.3. The molecule has 1 atom stereocenters. The Kier molecular flexibility index (Phi) is 4.37. The van der Waals surface area contributed by atoms with E-state index in [1.165, 1.54) is 22.0 Å². The zero-order chi connectivity index (χ0) is 14.5. The first-order valence-electron chi connectivity index (χ1n) is 7.68. The fraction of sp³-hybridized carbons (Fsp3) is 0.263. The first kappa shape index (κ1) is 13.9. The fourth-order valence-corrected chi connectivity index (χ4v) is 2.80. The van der Waals surface area contributed by atoms with E-state index < -0.39 is 0 Å². The Labute approximate surface area is 126 Å². The van der Waals surface area contributed by atoms with Crippen molar-refractivity contribution in [3.63, 3.8) is 0 Å². The number of hydrogen-bond acceptors (Lipinski definition) is 1. The summed E-state index contributed by atoms with van der Waals surface area (Å²) in [6.45, 7) is 3.26. The topological polar surface area (TPSA) is 27.8 Å². The molecule has 0 aliphatic rings. The van der Waals surface area contributed by atoms with Crippen LogP contribution >= 0.6 is 0 Å². The average Bonchev–Trinajstić information content (AvgIpc) is 2.95. The lowest BCUT2D eigenvalue weighted by Gasteiger charge is -2.13.